The molecule has 0 aliphatic carbocycles. The zero-order valence-corrected chi connectivity index (χ0v) is 11.5. The van der Waals surface area contributed by atoms with Crippen LogP contribution < -0.4 is 0 Å². The molecule has 0 aromatic carbocycles. The van der Waals surface area contributed by atoms with E-state index in [0.717, 1.165) is 12.8 Å². The Morgan fingerprint density at radius 3 is 1.22 bits per heavy atom. The summed E-state index contributed by atoms with van der Waals surface area (Å²) in [6.45, 7) is 10.5. The molecule has 0 rings (SSSR count). The van der Waals surface area contributed by atoms with Crippen molar-refractivity contribution in [3.8, 4) is 0 Å². The minimum atomic E-state index is -0.784. The van der Waals surface area contributed by atoms with E-state index in [4.69, 9.17) is 10.2 Å². The first-order valence-corrected chi connectivity index (χ1v) is 6.03. The van der Waals surface area contributed by atoms with E-state index in [2.05, 4.69) is 13.2 Å². The van der Waals surface area contributed by atoms with Crippen LogP contribution in [0.4, 0.5) is 0 Å². The van der Waals surface area contributed by atoms with Crippen molar-refractivity contribution in [2.24, 2.45) is 0 Å². The smallest absolute Gasteiger partial charge is 0.303 e. The van der Waals surface area contributed by atoms with Crippen molar-refractivity contribution in [1.82, 2.24) is 0 Å². The molecule has 106 valence electrons. The average Bonchev–Trinajstić information content (AvgIpc) is 2.24. The molecule has 0 atom stereocenters. The SMILES string of the molecule is C=CC.C=CC.O=C(O)CCCCCCC(=O)O. The quantitative estimate of drug-likeness (QED) is 0.536. The number of allylic oxidation sites excluding steroid dienone is 2. The van der Waals surface area contributed by atoms with Crippen LogP contribution in [-0.4, -0.2) is 22.2 Å². The molecule has 0 saturated heterocycles. The van der Waals surface area contributed by atoms with E-state index in [1.54, 1.807) is 12.2 Å². The Hall–Kier alpha value is -1.58. The van der Waals surface area contributed by atoms with Crippen LogP contribution in [0.3, 0.4) is 0 Å². The minimum Gasteiger partial charge on any atom is -0.481 e. The van der Waals surface area contributed by atoms with E-state index in [9.17, 15) is 9.59 Å². The first-order valence-electron chi connectivity index (χ1n) is 6.03. The summed E-state index contributed by atoms with van der Waals surface area (Å²) in [7, 11) is 0. The summed E-state index contributed by atoms with van der Waals surface area (Å²) in [5, 5.41) is 16.5. The van der Waals surface area contributed by atoms with Gasteiger partial charge in [0.2, 0.25) is 0 Å². The van der Waals surface area contributed by atoms with Gasteiger partial charge in [0.05, 0.1) is 0 Å². The third-order valence-corrected chi connectivity index (χ3v) is 1.53. The fourth-order valence-corrected chi connectivity index (χ4v) is 0.906. The Morgan fingerprint density at radius 1 is 0.833 bits per heavy atom. The topological polar surface area (TPSA) is 74.6 Å². The number of rotatable bonds is 7. The van der Waals surface area contributed by atoms with Crippen LogP contribution in [0, 0.1) is 0 Å². The lowest BCUT2D eigenvalue weighted by molar-refractivity contribution is -0.138. The number of carbonyl (C=O) groups is 2. The fraction of sp³-hybridized carbons (Fsp3) is 0.571. The third-order valence-electron chi connectivity index (χ3n) is 1.53. The Kier molecular flexibility index (Phi) is 25.0. The number of hydrogen-bond acceptors (Lipinski definition) is 2. The molecule has 0 bridgehead atoms. The summed E-state index contributed by atoms with van der Waals surface area (Å²) in [6, 6.07) is 0. The molecule has 0 fully saturated rings. The average molecular weight is 258 g/mol. The molecule has 4 heteroatoms. The van der Waals surface area contributed by atoms with E-state index in [1.165, 1.54) is 0 Å². The molecule has 2 N–H and O–H groups in total. The van der Waals surface area contributed by atoms with Crippen molar-refractivity contribution in [2.75, 3.05) is 0 Å². The zero-order chi connectivity index (χ0) is 14.8. The highest BCUT2D eigenvalue weighted by atomic mass is 16.4. The maximum atomic E-state index is 10.0. The molecule has 0 spiro atoms. The van der Waals surface area contributed by atoms with Crippen molar-refractivity contribution in [1.29, 1.82) is 0 Å². The Morgan fingerprint density at radius 2 is 1.06 bits per heavy atom. The largest absolute Gasteiger partial charge is 0.481 e. The van der Waals surface area contributed by atoms with Gasteiger partial charge < -0.3 is 10.2 Å². The molecule has 0 aliphatic heterocycles. The van der Waals surface area contributed by atoms with Crippen molar-refractivity contribution in [2.45, 2.75) is 52.4 Å². The Labute approximate surface area is 110 Å². The highest BCUT2D eigenvalue weighted by Gasteiger charge is 1.98. The van der Waals surface area contributed by atoms with Gasteiger partial charge in [0.1, 0.15) is 0 Å². The molecule has 0 heterocycles. The van der Waals surface area contributed by atoms with Gasteiger partial charge in [0.15, 0.2) is 0 Å². The van der Waals surface area contributed by atoms with E-state index in [-0.39, 0.29) is 12.8 Å². The number of carboxylic acid groups (broad SMARTS) is 2. The van der Waals surface area contributed by atoms with Gasteiger partial charge in [0, 0.05) is 12.8 Å². The maximum absolute atomic E-state index is 10.0. The van der Waals surface area contributed by atoms with Crippen LogP contribution in [-0.2, 0) is 9.59 Å². The first-order chi connectivity index (χ1) is 8.45. The molecule has 18 heavy (non-hydrogen) atoms. The summed E-state index contributed by atoms with van der Waals surface area (Å²) >= 11 is 0. The summed E-state index contributed by atoms with van der Waals surface area (Å²) in [5.74, 6) is -1.57. The summed E-state index contributed by atoms with van der Waals surface area (Å²) in [5.41, 5.74) is 0. The molecular weight excluding hydrogens is 232 g/mol. The number of aliphatic carboxylic acids is 2. The number of carboxylic acids is 2. The molecule has 0 aromatic rings. The Bertz CT molecular complexity index is 198. The Balaban J connectivity index is -0.000000315. The zero-order valence-electron chi connectivity index (χ0n) is 11.5. The molecule has 0 radical (unpaired) electrons. The summed E-state index contributed by atoms with van der Waals surface area (Å²) < 4.78 is 0. The molecule has 0 amide bonds. The van der Waals surface area contributed by atoms with Crippen molar-refractivity contribution >= 4 is 11.9 Å². The first kappa shape index (κ1) is 21.7. The van der Waals surface area contributed by atoms with Crippen molar-refractivity contribution in [3.05, 3.63) is 25.3 Å². The van der Waals surface area contributed by atoms with Crippen LogP contribution >= 0.6 is 0 Å². The second-order valence-corrected chi connectivity index (χ2v) is 3.52. The summed E-state index contributed by atoms with van der Waals surface area (Å²) in [6.07, 6.45) is 6.78. The van der Waals surface area contributed by atoms with Crippen LogP contribution in [0.25, 0.3) is 0 Å². The van der Waals surface area contributed by atoms with Gasteiger partial charge in [-0.1, -0.05) is 25.0 Å². The van der Waals surface area contributed by atoms with E-state index < -0.39 is 11.9 Å². The van der Waals surface area contributed by atoms with Gasteiger partial charge >= 0.3 is 11.9 Å². The van der Waals surface area contributed by atoms with Gasteiger partial charge in [0.25, 0.3) is 0 Å². The highest BCUT2D eigenvalue weighted by molar-refractivity contribution is 5.66. The second kappa shape index (κ2) is 20.8. The molecule has 0 unspecified atom stereocenters. The van der Waals surface area contributed by atoms with E-state index in [1.807, 2.05) is 13.8 Å². The van der Waals surface area contributed by atoms with Crippen LogP contribution in [0.15, 0.2) is 25.3 Å². The predicted octanol–water partition coefficient (Wildman–Crippen LogP) is 3.88. The molecule has 0 aromatic heterocycles. The highest BCUT2D eigenvalue weighted by Crippen LogP contribution is 2.04. The fourth-order valence-electron chi connectivity index (χ4n) is 0.906. The normalized spacial score (nSPS) is 7.89. The van der Waals surface area contributed by atoms with Crippen LogP contribution in [0.1, 0.15) is 52.4 Å². The lowest BCUT2D eigenvalue weighted by Gasteiger charge is -1.96. The van der Waals surface area contributed by atoms with Crippen LogP contribution in [0.2, 0.25) is 0 Å². The maximum Gasteiger partial charge on any atom is 0.303 e. The number of hydrogen-bond donors (Lipinski definition) is 2. The monoisotopic (exact) mass is 258 g/mol. The lowest BCUT2D eigenvalue weighted by atomic mass is 10.1. The number of unbranched alkanes of at least 4 members (excludes halogenated alkanes) is 3. The van der Waals surface area contributed by atoms with Gasteiger partial charge in [-0.3, -0.25) is 9.59 Å². The van der Waals surface area contributed by atoms with Gasteiger partial charge in [-0.2, -0.15) is 0 Å². The van der Waals surface area contributed by atoms with Gasteiger partial charge in [-0.05, 0) is 26.7 Å². The van der Waals surface area contributed by atoms with Crippen molar-refractivity contribution < 1.29 is 19.8 Å². The van der Waals surface area contributed by atoms with Crippen molar-refractivity contribution in [3.63, 3.8) is 0 Å². The van der Waals surface area contributed by atoms with Gasteiger partial charge in [-0.15, -0.1) is 13.2 Å². The summed E-state index contributed by atoms with van der Waals surface area (Å²) in [4.78, 5) is 20.1. The lowest BCUT2D eigenvalue weighted by Crippen LogP contribution is -1.95. The minimum absolute atomic E-state index is 0.188. The molecule has 0 saturated carbocycles. The molecule has 4 nitrogen and oxygen atoms in total. The van der Waals surface area contributed by atoms with E-state index in [0.29, 0.717) is 12.8 Å². The predicted molar refractivity (Wildman–Crippen MR) is 74.7 cm³/mol. The third kappa shape index (κ3) is 47.2. The molecular formula is C14H26O4. The second-order valence-electron chi connectivity index (χ2n) is 3.52. The standard InChI is InChI=1S/C8H14O4.2C3H6/c9-7(10)5-3-1-2-4-6-8(11)12;2*1-3-2/h1-6H2,(H,9,10)(H,11,12);2*3H,1H2,2H3. The van der Waals surface area contributed by atoms with E-state index >= 15 is 0 Å². The van der Waals surface area contributed by atoms with Crippen LogP contribution in [0.5, 0.6) is 0 Å². The van der Waals surface area contributed by atoms with Gasteiger partial charge in [-0.25, -0.2) is 0 Å². The molecule has 0 aliphatic rings.